The highest BCUT2D eigenvalue weighted by molar-refractivity contribution is 6.64. The van der Waals surface area contributed by atoms with Crippen molar-refractivity contribution in [3.63, 3.8) is 0 Å². The van der Waals surface area contributed by atoms with Crippen molar-refractivity contribution in [3.05, 3.63) is 0 Å². The largest absolute Gasteiger partial charge is 0.395 e. The predicted molar refractivity (Wildman–Crippen MR) is 68.4 cm³/mol. The third-order valence-electron chi connectivity index (χ3n) is 2.77. The lowest BCUT2D eigenvalue weighted by atomic mass is 10.1. The normalized spacial score (nSPS) is 12.4. The van der Waals surface area contributed by atoms with Gasteiger partial charge in [0.25, 0.3) is 0 Å². The topological polar surface area (TPSA) is 18.5 Å². The van der Waals surface area contributed by atoms with E-state index < -0.39 is 8.56 Å². The molecule has 0 aromatic rings. The van der Waals surface area contributed by atoms with Gasteiger partial charge in [-0.25, -0.2) is 0 Å². The fourth-order valence-corrected chi connectivity index (χ4v) is 2.70. The second kappa shape index (κ2) is 8.31. The zero-order chi connectivity index (χ0) is 11.7. The zero-order valence-corrected chi connectivity index (χ0v) is 12.1. The van der Waals surface area contributed by atoms with E-state index in [-0.39, 0.29) is 0 Å². The van der Waals surface area contributed by atoms with Crippen molar-refractivity contribution in [2.45, 2.75) is 59.5 Å². The van der Waals surface area contributed by atoms with E-state index in [2.05, 4.69) is 33.9 Å². The summed E-state index contributed by atoms with van der Waals surface area (Å²) in [6.45, 7) is 12.7. The summed E-state index contributed by atoms with van der Waals surface area (Å²) >= 11 is 0. The van der Waals surface area contributed by atoms with Crippen LogP contribution in [0.4, 0.5) is 0 Å². The molecular weight excluding hydrogens is 204 g/mol. The SMILES string of the molecule is CCCCO[Si](C)(C)OCC(CC)CC. The predicted octanol–water partition coefficient (Wildman–Crippen LogP) is 3.96. The Hall–Kier alpha value is 0.137. The molecule has 0 aliphatic rings. The lowest BCUT2D eigenvalue weighted by Crippen LogP contribution is -2.36. The second-order valence-electron chi connectivity index (χ2n) is 4.60. The Kier molecular flexibility index (Phi) is 8.38. The molecule has 0 aromatic heterocycles. The van der Waals surface area contributed by atoms with Crippen LogP contribution in [0.15, 0.2) is 0 Å². The van der Waals surface area contributed by atoms with Gasteiger partial charge in [0.1, 0.15) is 0 Å². The van der Waals surface area contributed by atoms with Gasteiger partial charge in [-0.2, -0.15) is 0 Å². The van der Waals surface area contributed by atoms with Gasteiger partial charge in [0.15, 0.2) is 0 Å². The standard InChI is InChI=1S/C12H28O2Si/c1-6-9-10-13-15(4,5)14-11-12(7-2)8-3/h12H,6-11H2,1-5H3. The monoisotopic (exact) mass is 232 g/mol. The molecule has 15 heavy (non-hydrogen) atoms. The van der Waals surface area contributed by atoms with Crippen LogP contribution in [-0.4, -0.2) is 21.8 Å². The molecule has 92 valence electrons. The van der Waals surface area contributed by atoms with E-state index in [9.17, 15) is 0 Å². The summed E-state index contributed by atoms with van der Waals surface area (Å²) in [6, 6.07) is 0. The van der Waals surface area contributed by atoms with E-state index in [1.807, 2.05) is 0 Å². The molecule has 0 N–H and O–H groups in total. The second-order valence-corrected chi connectivity index (χ2v) is 7.97. The van der Waals surface area contributed by atoms with Crippen molar-refractivity contribution in [2.75, 3.05) is 13.2 Å². The molecule has 0 unspecified atom stereocenters. The Morgan fingerprint density at radius 3 is 2.07 bits per heavy atom. The summed E-state index contributed by atoms with van der Waals surface area (Å²) in [5.74, 6) is 0.701. The Morgan fingerprint density at radius 2 is 1.60 bits per heavy atom. The summed E-state index contributed by atoms with van der Waals surface area (Å²) in [5, 5.41) is 0. The Morgan fingerprint density at radius 1 is 1.00 bits per heavy atom. The van der Waals surface area contributed by atoms with E-state index in [0.717, 1.165) is 19.6 Å². The van der Waals surface area contributed by atoms with Gasteiger partial charge < -0.3 is 8.85 Å². The number of unbranched alkanes of at least 4 members (excludes halogenated alkanes) is 1. The minimum atomic E-state index is -1.84. The molecule has 0 heterocycles. The van der Waals surface area contributed by atoms with Gasteiger partial charge in [-0.3, -0.25) is 0 Å². The van der Waals surface area contributed by atoms with Crippen LogP contribution in [0.2, 0.25) is 13.1 Å². The first-order chi connectivity index (χ1) is 7.05. The third kappa shape index (κ3) is 8.00. The first kappa shape index (κ1) is 15.1. The van der Waals surface area contributed by atoms with Crippen molar-refractivity contribution >= 4 is 8.56 Å². The molecule has 0 bridgehead atoms. The molecule has 0 fully saturated rings. The van der Waals surface area contributed by atoms with Gasteiger partial charge in [-0.05, 0) is 25.4 Å². The molecule has 0 rings (SSSR count). The molecule has 0 atom stereocenters. The zero-order valence-electron chi connectivity index (χ0n) is 11.1. The average molecular weight is 232 g/mol. The van der Waals surface area contributed by atoms with Crippen LogP contribution in [-0.2, 0) is 8.85 Å². The van der Waals surface area contributed by atoms with Crippen molar-refractivity contribution in [3.8, 4) is 0 Å². The molecule has 0 aromatic carbocycles. The number of rotatable bonds is 9. The van der Waals surface area contributed by atoms with Gasteiger partial charge in [-0.1, -0.05) is 40.0 Å². The molecule has 0 amide bonds. The molecule has 0 aliphatic heterocycles. The molecule has 0 spiro atoms. The fourth-order valence-electron chi connectivity index (χ4n) is 1.35. The highest BCUT2D eigenvalue weighted by Crippen LogP contribution is 2.13. The summed E-state index contributed by atoms with van der Waals surface area (Å²) in [6.07, 6.45) is 4.74. The molecule has 0 saturated carbocycles. The van der Waals surface area contributed by atoms with E-state index in [4.69, 9.17) is 8.85 Å². The summed E-state index contributed by atoms with van der Waals surface area (Å²) in [7, 11) is -1.84. The van der Waals surface area contributed by atoms with Gasteiger partial charge in [0.05, 0.1) is 0 Å². The lowest BCUT2D eigenvalue weighted by molar-refractivity contribution is 0.149. The van der Waals surface area contributed by atoms with Crippen LogP contribution in [0.5, 0.6) is 0 Å². The average Bonchev–Trinajstić information content (AvgIpc) is 2.19. The number of hydrogen-bond donors (Lipinski definition) is 0. The highest BCUT2D eigenvalue weighted by atomic mass is 28.4. The van der Waals surface area contributed by atoms with E-state index in [1.54, 1.807) is 0 Å². The van der Waals surface area contributed by atoms with Crippen molar-refractivity contribution < 1.29 is 8.85 Å². The van der Waals surface area contributed by atoms with Crippen LogP contribution >= 0.6 is 0 Å². The quantitative estimate of drug-likeness (QED) is 0.442. The molecule has 0 aliphatic carbocycles. The van der Waals surface area contributed by atoms with Crippen molar-refractivity contribution in [1.29, 1.82) is 0 Å². The van der Waals surface area contributed by atoms with Crippen LogP contribution in [0, 0.1) is 5.92 Å². The van der Waals surface area contributed by atoms with E-state index in [0.29, 0.717) is 5.92 Å². The van der Waals surface area contributed by atoms with Crippen LogP contribution in [0.3, 0.4) is 0 Å². The van der Waals surface area contributed by atoms with Gasteiger partial charge in [-0.15, -0.1) is 0 Å². The van der Waals surface area contributed by atoms with Crippen molar-refractivity contribution in [1.82, 2.24) is 0 Å². The smallest absolute Gasteiger partial charge is 0.331 e. The van der Waals surface area contributed by atoms with Crippen LogP contribution < -0.4 is 0 Å². The first-order valence-corrected chi connectivity index (χ1v) is 9.15. The summed E-state index contributed by atoms with van der Waals surface area (Å²) in [5.41, 5.74) is 0. The van der Waals surface area contributed by atoms with Crippen LogP contribution in [0.25, 0.3) is 0 Å². The van der Waals surface area contributed by atoms with Gasteiger partial charge in [0.2, 0.25) is 0 Å². The molecule has 3 heteroatoms. The molecular formula is C12H28O2Si. The minimum absolute atomic E-state index is 0.701. The van der Waals surface area contributed by atoms with E-state index in [1.165, 1.54) is 19.3 Å². The Labute approximate surface area is 96.6 Å². The maximum atomic E-state index is 5.94. The van der Waals surface area contributed by atoms with Gasteiger partial charge in [0, 0.05) is 13.2 Å². The third-order valence-corrected chi connectivity index (χ3v) is 4.53. The molecule has 2 nitrogen and oxygen atoms in total. The van der Waals surface area contributed by atoms with Crippen molar-refractivity contribution in [2.24, 2.45) is 5.92 Å². The lowest BCUT2D eigenvalue weighted by Gasteiger charge is -2.25. The highest BCUT2D eigenvalue weighted by Gasteiger charge is 2.25. The fraction of sp³-hybridized carbons (Fsp3) is 1.00. The summed E-state index contributed by atoms with van der Waals surface area (Å²) in [4.78, 5) is 0. The molecule has 0 saturated heterocycles. The maximum absolute atomic E-state index is 5.94. The van der Waals surface area contributed by atoms with Gasteiger partial charge >= 0.3 is 8.56 Å². The Balaban J connectivity index is 3.71. The Bertz CT molecular complexity index is 145. The molecule has 0 radical (unpaired) electrons. The van der Waals surface area contributed by atoms with Crippen LogP contribution in [0.1, 0.15) is 46.5 Å². The number of hydrogen-bond acceptors (Lipinski definition) is 2. The summed E-state index contributed by atoms with van der Waals surface area (Å²) < 4.78 is 11.8. The van der Waals surface area contributed by atoms with E-state index >= 15 is 0 Å². The maximum Gasteiger partial charge on any atom is 0.331 e. The first-order valence-electron chi connectivity index (χ1n) is 6.33. The minimum Gasteiger partial charge on any atom is -0.395 e.